The predicted molar refractivity (Wildman–Crippen MR) is 88.8 cm³/mol. The van der Waals surface area contributed by atoms with Crippen LogP contribution in [0, 0.1) is 0 Å². The van der Waals surface area contributed by atoms with Crippen LogP contribution in [0.5, 0.6) is 0 Å². The molecule has 2 heterocycles. The Morgan fingerprint density at radius 1 is 1.14 bits per heavy atom. The van der Waals surface area contributed by atoms with Crippen LogP contribution in [0.3, 0.4) is 0 Å². The first-order valence-corrected chi connectivity index (χ1v) is 8.95. The minimum absolute atomic E-state index is 0.244. The Bertz CT molecular complexity index is 646. The van der Waals surface area contributed by atoms with Gasteiger partial charge in [-0.25, -0.2) is 0 Å². The van der Waals surface area contributed by atoms with Crippen molar-refractivity contribution in [3.63, 3.8) is 0 Å². The summed E-state index contributed by atoms with van der Waals surface area (Å²) in [4.78, 5) is 1.47. The average Bonchev–Trinajstić information content (AvgIpc) is 3.05. The molecule has 3 heteroatoms. The van der Waals surface area contributed by atoms with Crippen molar-refractivity contribution in [2.45, 2.75) is 49.1 Å². The van der Waals surface area contributed by atoms with Crippen LogP contribution in [0.25, 0.3) is 0 Å². The highest BCUT2D eigenvalue weighted by molar-refractivity contribution is 7.99. The van der Waals surface area contributed by atoms with Crippen LogP contribution in [0.1, 0.15) is 47.9 Å². The minimum Gasteiger partial charge on any atom is -0.353 e. The topological polar surface area (TPSA) is 30.9 Å². The van der Waals surface area contributed by atoms with Crippen LogP contribution >= 0.6 is 11.8 Å². The molecule has 0 saturated heterocycles. The maximum atomic E-state index is 6.33. The van der Waals surface area contributed by atoms with Gasteiger partial charge in [-0.1, -0.05) is 24.6 Å². The second-order valence-electron chi connectivity index (χ2n) is 6.33. The molecule has 1 aromatic heterocycles. The third-order valence-corrected chi connectivity index (χ3v) is 6.09. The van der Waals surface area contributed by atoms with Crippen molar-refractivity contribution in [3.8, 4) is 0 Å². The van der Waals surface area contributed by atoms with Gasteiger partial charge < -0.3 is 10.3 Å². The number of fused-ring (bicyclic) bond motifs is 2. The SMILES string of the molecule is NC1CCCCc2cn(CC3CSc4ccccc43)cc21. The lowest BCUT2D eigenvalue weighted by molar-refractivity contribution is 0.586. The number of nitrogens with two attached hydrogens (primary N) is 1. The van der Waals surface area contributed by atoms with Gasteiger partial charge in [-0.15, -0.1) is 11.8 Å². The number of aromatic nitrogens is 1. The zero-order chi connectivity index (χ0) is 14.2. The lowest BCUT2D eigenvalue weighted by Gasteiger charge is -2.12. The predicted octanol–water partition coefficient (Wildman–Crippen LogP) is 4.10. The van der Waals surface area contributed by atoms with Crippen molar-refractivity contribution in [2.75, 3.05) is 5.75 Å². The van der Waals surface area contributed by atoms with Gasteiger partial charge in [0.25, 0.3) is 0 Å². The first-order chi connectivity index (χ1) is 10.3. The number of hydrogen-bond acceptors (Lipinski definition) is 2. The van der Waals surface area contributed by atoms with E-state index in [2.05, 4.69) is 41.2 Å². The fourth-order valence-corrected chi connectivity index (χ4v) is 4.93. The zero-order valence-electron chi connectivity index (χ0n) is 12.3. The van der Waals surface area contributed by atoms with Gasteiger partial charge in [-0.3, -0.25) is 0 Å². The molecule has 0 fully saturated rings. The first kappa shape index (κ1) is 13.5. The standard InChI is InChI=1S/C18H22N2S/c19-17-7-3-1-5-13-9-20(11-16(13)17)10-14-12-21-18-8-4-2-6-15(14)18/h2,4,6,8-9,11,14,17H,1,3,5,7,10,12,19H2. The Labute approximate surface area is 130 Å². The van der Waals surface area contributed by atoms with E-state index in [0.29, 0.717) is 5.92 Å². The molecule has 21 heavy (non-hydrogen) atoms. The van der Waals surface area contributed by atoms with Gasteiger partial charge in [-0.2, -0.15) is 0 Å². The molecule has 2 unspecified atom stereocenters. The maximum Gasteiger partial charge on any atom is 0.0312 e. The van der Waals surface area contributed by atoms with E-state index < -0.39 is 0 Å². The molecule has 2 N–H and O–H groups in total. The summed E-state index contributed by atoms with van der Waals surface area (Å²) in [5.41, 5.74) is 10.7. The van der Waals surface area contributed by atoms with Gasteiger partial charge in [-0.05, 0) is 42.0 Å². The largest absolute Gasteiger partial charge is 0.353 e. The van der Waals surface area contributed by atoms with E-state index >= 15 is 0 Å². The van der Waals surface area contributed by atoms with Gasteiger partial charge in [0, 0.05) is 41.5 Å². The maximum absolute atomic E-state index is 6.33. The number of hydrogen-bond donors (Lipinski definition) is 1. The van der Waals surface area contributed by atoms with Crippen LogP contribution in [0.2, 0.25) is 0 Å². The summed E-state index contributed by atoms with van der Waals surface area (Å²) < 4.78 is 2.39. The van der Waals surface area contributed by atoms with Crippen LogP contribution in [-0.2, 0) is 13.0 Å². The number of aryl methyl sites for hydroxylation is 1. The van der Waals surface area contributed by atoms with Gasteiger partial charge in [0.15, 0.2) is 0 Å². The Morgan fingerprint density at radius 3 is 3.00 bits per heavy atom. The third-order valence-electron chi connectivity index (χ3n) is 4.84. The summed E-state index contributed by atoms with van der Waals surface area (Å²) >= 11 is 2.00. The van der Waals surface area contributed by atoms with Gasteiger partial charge in [0.2, 0.25) is 0 Å². The number of benzene rings is 1. The summed E-state index contributed by atoms with van der Waals surface area (Å²) in [6.45, 7) is 1.09. The Balaban J connectivity index is 1.58. The first-order valence-electron chi connectivity index (χ1n) is 7.97. The van der Waals surface area contributed by atoms with Crippen LogP contribution in [0.15, 0.2) is 41.6 Å². The highest BCUT2D eigenvalue weighted by atomic mass is 32.2. The van der Waals surface area contributed by atoms with E-state index in [9.17, 15) is 0 Å². The summed E-state index contributed by atoms with van der Waals surface area (Å²) in [6, 6.07) is 9.10. The normalized spacial score (nSPS) is 24.4. The fraction of sp³-hybridized carbons (Fsp3) is 0.444. The van der Waals surface area contributed by atoms with E-state index in [4.69, 9.17) is 5.73 Å². The lowest BCUT2D eigenvalue weighted by atomic mass is 10.0. The van der Waals surface area contributed by atoms with E-state index in [1.807, 2.05) is 11.8 Å². The van der Waals surface area contributed by atoms with Crippen molar-refractivity contribution >= 4 is 11.8 Å². The van der Waals surface area contributed by atoms with Crippen molar-refractivity contribution < 1.29 is 0 Å². The van der Waals surface area contributed by atoms with Crippen LogP contribution in [-0.4, -0.2) is 10.3 Å². The van der Waals surface area contributed by atoms with Gasteiger partial charge >= 0.3 is 0 Å². The Hall–Kier alpha value is -1.19. The summed E-state index contributed by atoms with van der Waals surface area (Å²) in [5, 5.41) is 0. The molecular weight excluding hydrogens is 276 g/mol. The summed E-state index contributed by atoms with van der Waals surface area (Å²) in [6.07, 6.45) is 9.56. The van der Waals surface area contributed by atoms with Crippen LogP contribution < -0.4 is 5.73 Å². The number of thioether (sulfide) groups is 1. The summed E-state index contributed by atoms with van der Waals surface area (Å²) in [7, 11) is 0. The molecule has 0 radical (unpaired) electrons. The number of rotatable bonds is 2. The van der Waals surface area contributed by atoms with E-state index in [0.717, 1.165) is 13.0 Å². The smallest absolute Gasteiger partial charge is 0.0312 e. The monoisotopic (exact) mass is 298 g/mol. The molecule has 0 bridgehead atoms. The highest BCUT2D eigenvalue weighted by Gasteiger charge is 2.24. The molecular formula is C18H22N2S. The molecule has 0 saturated carbocycles. The Kier molecular flexibility index (Phi) is 3.56. The average molecular weight is 298 g/mol. The van der Waals surface area contributed by atoms with Crippen molar-refractivity contribution in [2.24, 2.45) is 5.73 Å². The molecule has 2 atom stereocenters. The second-order valence-corrected chi connectivity index (χ2v) is 7.40. The molecule has 2 nitrogen and oxygen atoms in total. The van der Waals surface area contributed by atoms with Gasteiger partial charge in [0.1, 0.15) is 0 Å². The summed E-state index contributed by atoms with van der Waals surface area (Å²) in [5.74, 6) is 1.84. The van der Waals surface area contributed by atoms with E-state index in [1.165, 1.54) is 46.6 Å². The quantitative estimate of drug-likeness (QED) is 0.846. The van der Waals surface area contributed by atoms with Crippen molar-refractivity contribution in [1.29, 1.82) is 0 Å². The van der Waals surface area contributed by atoms with Crippen LogP contribution in [0.4, 0.5) is 0 Å². The molecule has 0 spiro atoms. The molecule has 1 aliphatic carbocycles. The molecule has 2 aromatic rings. The van der Waals surface area contributed by atoms with E-state index in [1.54, 1.807) is 0 Å². The van der Waals surface area contributed by atoms with Gasteiger partial charge in [0.05, 0.1) is 0 Å². The highest BCUT2D eigenvalue weighted by Crippen LogP contribution is 2.40. The molecule has 0 amide bonds. The lowest BCUT2D eigenvalue weighted by Crippen LogP contribution is -2.10. The van der Waals surface area contributed by atoms with E-state index in [-0.39, 0.29) is 6.04 Å². The molecule has 110 valence electrons. The minimum atomic E-state index is 0.244. The fourth-order valence-electron chi connectivity index (χ4n) is 3.69. The Morgan fingerprint density at radius 2 is 2.05 bits per heavy atom. The van der Waals surface area contributed by atoms with Crippen molar-refractivity contribution in [1.82, 2.24) is 4.57 Å². The molecule has 2 aliphatic rings. The number of nitrogens with zero attached hydrogens (tertiary/aromatic N) is 1. The third kappa shape index (κ3) is 2.53. The zero-order valence-corrected chi connectivity index (χ0v) is 13.1. The molecule has 1 aromatic carbocycles. The molecule has 1 aliphatic heterocycles. The van der Waals surface area contributed by atoms with Crippen molar-refractivity contribution in [3.05, 3.63) is 53.3 Å². The second kappa shape index (κ2) is 5.54. The molecule has 4 rings (SSSR count).